The molecule has 0 unspecified atom stereocenters. The van der Waals surface area contributed by atoms with Crippen molar-refractivity contribution in [2.45, 2.75) is 123 Å². The highest BCUT2D eigenvalue weighted by molar-refractivity contribution is 5.96. The maximum Gasteiger partial charge on any atom is 0.328 e. The molecule has 0 heterocycles. The molecule has 0 saturated heterocycles. The van der Waals surface area contributed by atoms with Crippen LogP contribution >= 0.6 is 0 Å². The normalized spacial score (nSPS) is 11.8. The molecule has 1 atom stereocenters. The molecule has 0 bridgehead atoms. The molecule has 1 rings (SSSR count). The minimum absolute atomic E-state index is 0.234. The summed E-state index contributed by atoms with van der Waals surface area (Å²) in [4.78, 5) is 24.5. The van der Waals surface area contributed by atoms with Crippen LogP contribution in [0, 0.1) is 0 Å². The molecule has 182 valence electrons. The number of hydrogen-bond donors (Lipinski definition) is 1. The average molecular weight is 446 g/mol. The van der Waals surface area contributed by atoms with Gasteiger partial charge in [-0.15, -0.1) is 0 Å². The van der Waals surface area contributed by atoms with Crippen LogP contribution in [0.15, 0.2) is 24.3 Å². The van der Waals surface area contributed by atoms with E-state index in [2.05, 4.69) is 19.2 Å². The fraction of sp³-hybridized carbons (Fsp3) is 0.714. The highest BCUT2D eigenvalue weighted by atomic mass is 16.5. The third-order valence-electron chi connectivity index (χ3n) is 5.98. The average Bonchev–Trinajstić information content (AvgIpc) is 2.80. The maximum atomic E-state index is 12.4. The van der Waals surface area contributed by atoms with Gasteiger partial charge in [0.15, 0.2) is 0 Å². The Hall–Kier alpha value is -1.84. The first-order chi connectivity index (χ1) is 15.6. The second-order valence-electron chi connectivity index (χ2n) is 9.05. The van der Waals surface area contributed by atoms with Crippen LogP contribution in [0.2, 0.25) is 0 Å². The predicted octanol–water partition coefficient (Wildman–Crippen LogP) is 7.39. The fourth-order valence-corrected chi connectivity index (χ4v) is 3.78. The van der Waals surface area contributed by atoms with Gasteiger partial charge in [-0.1, -0.05) is 103 Å². The molecule has 1 aromatic rings. The highest BCUT2D eigenvalue weighted by Gasteiger charge is 2.17. The number of rotatable bonds is 19. The maximum absolute atomic E-state index is 12.4. The molecule has 0 aliphatic rings. The highest BCUT2D eigenvalue weighted by Crippen LogP contribution is 2.12. The lowest BCUT2D eigenvalue weighted by Crippen LogP contribution is -2.39. The molecule has 0 spiro atoms. The Morgan fingerprint density at radius 3 is 1.78 bits per heavy atom. The lowest BCUT2D eigenvalue weighted by atomic mass is 10.1. The van der Waals surface area contributed by atoms with Gasteiger partial charge in [-0.2, -0.15) is 0 Å². The van der Waals surface area contributed by atoms with Gasteiger partial charge in [0.25, 0.3) is 5.91 Å². The molecule has 0 radical (unpaired) electrons. The molecule has 1 amide bonds. The predicted molar refractivity (Wildman–Crippen MR) is 134 cm³/mol. The summed E-state index contributed by atoms with van der Waals surface area (Å²) in [7, 11) is 0. The monoisotopic (exact) mass is 445 g/mol. The van der Waals surface area contributed by atoms with Crippen molar-refractivity contribution in [3.8, 4) is 0 Å². The molecule has 4 heteroatoms. The van der Waals surface area contributed by atoms with Crippen LogP contribution in [0.5, 0.6) is 0 Å². The van der Waals surface area contributed by atoms with Crippen LogP contribution in [0.3, 0.4) is 0 Å². The Labute approximate surface area is 196 Å². The summed E-state index contributed by atoms with van der Waals surface area (Å²) in [5.74, 6) is -0.595. The number of amides is 1. The van der Waals surface area contributed by atoms with Crippen LogP contribution in [-0.4, -0.2) is 24.5 Å². The molecule has 0 fully saturated rings. The van der Waals surface area contributed by atoms with Crippen molar-refractivity contribution >= 4 is 11.9 Å². The first-order valence-electron chi connectivity index (χ1n) is 13.1. The minimum atomic E-state index is -0.639. The van der Waals surface area contributed by atoms with E-state index in [0.29, 0.717) is 12.2 Å². The van der Waals surface area contributed by atoms with Gasteiger partial charge in [0, 0.05) is 5.56 Å². The van der Waals surface area contributed by atoms with Gasteiger partial charge in [0.2, 0.25) is 0 Å². The summed E-state index contributed by atoms with van der Waals surface area (Å²) in [6.45, 7) is 6.54. The largest absolute Gasteiger partial charge is 0.464 e. The van der Waals surface area contributed by atoms with Crippen molar-refractivity contribution < 1.29 is 14.3 Å². The van der Waals surface area contributed by atoms with Crippen LogP contribution in [0.25, 0.3) is 0 Å². The summed E-state index contributed by atoms with van der Waals surface area (Å²) in [5, 5.41) is 2.74. The van der Waals surface area contributed by atoms with Crippen molar-refractivity contribution in [2.24, 2.45) is 0 Å². The van der Waals surface area contributed by atoms with Crippen molar-refractivity contribution in [3.05, 3.63) is 35.4 Å². The van der Waals surface area contributed by atoms with Crippen LogP contribution in [0.1, 0.15) is 127 Å². The Kier molecular flexibility index (Phi) is 16.5. The number of nitrogens with one attached hydrogen (secondary N) is 1. The number of hydrogen-bond acceptors (Lipinski definition) is 3. The summed E-state index contributed by atoms with van der Waals surface area (Å²) in [6, 6.07) is 6.98. The number of benzene rings is 1. The van der Waals surface area contributed by atoms with Crippen LogP contribution < -0.4 is 5.32 Å². The zero-order chi connectivity index (χ0) is 23.4. The fourth-order valence-electron chi connectivity index (χ4n) is 3.78. The van der Waals surface area contributed by atoms with E-state index < -0.39 is 6.04 Å². The van der Waals surface area contributed by atoms with Gasteiger partial charge < -0.3 is 10.1 Å². The molecular weight excluding hydrogens is 398 g/mol. The van der Waals surface area contributed by atoms with E-state index in [9.17, 15) is 9.59 Å². The summed E-state index contributed by atoms with van der Waals surface area (Å²) >= 11 is 0. The zero-order valence-corrected chi connectivity index (χ0v) is 20.9. The molecule has 32 heavy (non-hydrogen) atoms. The number of unbranched alkanes of at least 4 members (excludes halogenated alkanes) is 12. The molecule has 0 aromatic heterocycles. The van der Waals surface area contributed by atoms with Gasteiger partial charge in [-0.05, 0) is 43.9 Å². The number of aryl methyl sites for hydroxylation is 1. The summed E-state index contributed by atoms with van der Waals surface area (Å²) in [5.41, 5.74) is 1.81. The summed E-state index contributed by atoms with van der Waals surface area (Å²) in [6.07, 6.45) is 18.7. The van der Waals surface area contributed by atoms with Crippen molar-refractivity contribution in [3.63, 3.8) is 0 Å². The topological polar surface area (TPSA) is 55.4 Å². The third kappa shape index (κ3) is 13.5. The second kappa shape index (κ2) is 18.7. The number of ether oxygens (including phenoxy) is 1. The van der Waals surface area contributed by atoms with E-state index in [4.69, 9.17) is 4.74 Å². The Bertz CT molecular complexity index is 612. The molecule has 1 aromatic carbocycles. The number of carbonyl (C=O) groups is 2. The van der Waals surface area contributed by atoms with Gasteiger partial charge in [-0.25, -0.2) is 4.79 Å². The first kappa shape index (κ1) is 28.2. The molecule has 0 aliphatic carbocycles. The summed E-state index contributed by atoms with van der Waals surface area (Å²) < 4.78 is 5.34. The Morgan fingerprint density at radius 1 is 0.750 bits per heavy atom. The number of carbonyl (C=O) groups excluding carboxylic acids is 2. The van der Waals surface area contributed by atoms with Gasteiger partial charge in [-0.3, -0.25) is 4.79 Å². The van der Waals surface area contributed by atoms with Crippen LogP contribution in [0.4, 0.5) is 0 Å². The lowest BCUT2D eigenvalue weighted by molar-refractivity contribution is -0.145. The standard InChI is InChI=1S/C28H47NO3/c1-4-6-8-9-10-11-12-13-14-15-16-17-23-32-28(31)24(3)29-27(30)26-21-19-25(20-22-26)18-7-5-2/h19-22,24H,4-18,23H2,1-3H3,(H,29,30)/t24-/m0/s1. The Morgan fingerprint density at radius 2 is 1.25 bits per heavy atom. The van der Waals surface area contributed by atoms with Crippen molar-refractivity contribution in [2.75, 3.05) is 6.61 Å². The molecule has 4 nitrogen and oxygen atoms in total. The van der Waals surface area contributed by atoms with E-state index in [-0.39, 0.29) is 11.9 Å². The quantitative estimate of drug-likeness (QED) is 0.178. The molecule has 0 saturated carbocycles. The molecule has 0 aliphatic heterocycles. The Balaban J connectivity index is 2.06. The smallest absolute Gasteiger partial charge is 0.328 e. The third-order valence-corrected chi connectivity index (χ3v) is 5.98. The van der Waals surface area contributed by atoms with Crippen molar-refractivity contribution in [1.29, 1.82) is 0 Å². The second-order valence-corrected chi connectivity index (χ2v) is 9.05. The number of esters is 1. The lowest BCUT2D eigenvalue weighted by Gasteiger charge is -2.13. The first-order valence-corrected chi connectivity index (χ1v) is 13.1. The van der Waals surface area contributed by atoms with Crippen molar-refractivity contribution in [1.82, 2.24) is 5.32 Å². The molecule has 1 N–H and O–H groups in total. The molecular formula is C28H47NO3. The van der Waals surface area contributed by atoms with E-state index >= 15 is 0 Å². The van der Waals surface area contributed by atoms with Gasteiger partial charge in [0.1, 0.15) is 6.04 Å². The van der Waals surface area contributed by atoms with Crippen LogP contribution in [-0.2, 0) is 16.0 Å². The van der Waals surface area contributed by atoms with E-state index in [1.807, 2.05) is 24.3 Å². The van der Waals surface area contributed by atoms with E-state index in [1.165, 1.54) is 69.8 Å². The SMILES string of the molecule is CCCCCCCCCCCCCCOC(=O)[C@H](C)NC(=O)c1ccc(CCCC)cc1. The zero-order valence-electron chi connectivity index (χ0n) is 20.9. The van der Waals surface area contributed by atoms with E-state index in [0.717, 1.165) is 32.1 Å². The van der Waals surface area contributed by atoms with E-state index in [1.54, 1.807) is 6.92 Å². The van der Waals surface area contributed by atoms with Gasteiger partial charge >= 0.3 is 5.97 Å². The minimum Gasteiger partial charge on any atom is -0.464 e. The van der Waals surface area contributed by atoms with Gasteiger partial charge in [0.05, 0.1) is 6.61 Å².